The van der Waals surface area contributed by atoms with E-state index < -0.39 is 0 Å². The van der Waals surface area contributed by atoms with E-state index in [0.717, 1.165) is 16.6 Å². The smallest absolute Gasteiger partial charge is 0.200 e. The van der Waals surface area contributed by atoms with Crippen LogP contribution < -0.4 is 16.4 Å². The molecule has 2 heterocycles. The van der Waals surface area contributed by atoms with Crippen molar-refractivity contribution in [3.8, 4) is 5.88 Å². The molecule has 0 saturated heterocycles. The molecule has 0 aliphatic heterocycles. The lowest BCUT2D eigenvalue weighted by Gasteiger charge is -2.14. The van der Waals surface area contributed by atoms with E-state index in [2.05, 4.69) is 20.6 Å². The fourth-order valence-corrected chi connectivity index (χ4v) is 2.70. The maximum absolute atomic E-state index is 10.1. The molecule has 7 nitrogen and oxygen atoms in total. The Morgan fingerprint density at radius 1 is 1.36 bits per heavy atom. The van der Waals surface area contributed by atoms with Gasteiger partial charge in [-0.05, 0) is 30.7 Å². The molecule has 0 amide bonds. The second kappa shape index (κ2) is 7.42. The number of benzene rings is 1. The van der Waals surface area contributed by atoms with Crippen molar-refractivity contribution in [2.45, 2.75) is 13.0 Å². The van der Waals surface area contributed by atoms with Gasteiger partial charge in [-0.2, -0.15) is 0 Å². The minimum Gasteiger partial charge on any atom is -0.494 e. The topological polar surface area (TPSA) is 108 Å². The van der Waals surface area contributed by atoms with E-state index in [1.165, 1.54) is 0 Å². The molecule has 3 rings (SSSR count). The van der Waals surface area contributed by atoms with Crippen LogP contribution in [-0.4, -0.2) is 41.4 Å². The average molecular weight is 341 g/mol. The highest BCUT2D eigenvalue weighted by Crippen LogP contribution is 2.33. The number of nitrogens with one attached hydrogen (secondary N) is 3. The molecule has 1 aromatic carbocycles. The van der Waals surface area contributed by atoms with Crippen molar-refractivity contribution >= 4 is 28.1 Å². The Morgan fingerprint density at radius 3 is 2.96 bits per heavy atom. The van der Waals surface area contributed by atoms with Crippen LogP contribution in [0, 0.1) is 6.92 Å². The summed E-state index contributed by atoms with van der Waals surface area (Å²) in [6.07, 6.45) is 1.74. The van der Waals surface area contributed by atoms with Crippen LogP contribution in [0.15, 0.2) is 36.5 Å². The van der Waals surface area contributed by atoms with Crippen LogP contribution in [0.2, 0.25) is 0 Å². The van der Waals surface area contributed by atoms with E-state index in [1.807, 2.05) is 37.3 Å². The molecule has 0 bridgehead atoms. The van der Waals surface area contributed by atoms with Crippen molar-refractivity contribution in [1.82, 2.24) is 9.97 Å². The summed E-state index contributed by atoms with van der Waals surface area (Å²) < 4.78 is 5.04. The Bertz CT molecular complexity index is 862. The van der Waals surface area contributed by atoms with E-state index in [0.29, 0.717) is 30.2 Å². The molecule has 7 heteroatoms. The second-order valence-electron chi connectivity index (χ2n) is 6.05. The van der Waals surface area contributed by atoms with Crippen LogP contribution in [0.25, 0.3) is 10.8 Å². The number of nitrogens with two attached hydrogens (primary N) is 1. The molecule has 6 N–H and O–H groups in total. The molecule has 25 heavy (non-hydrogen) atoms. The van der Waals surface area contributed by atoms with Crippen molar-refractivity contribution in [1.29, 1.82) is 0 Å². The van der Waals surface area contributed by atoms with Gasteiger partial charge in [-0.1, -0.05) is 12.1 Å². The molecule has 132 valence electrons. The summed E-state index contributed by atoms with van der Waals surface area (Å²) in [5.74, 6) is 1.33. The van der Waals surface area contributed by atoms with Gasteiger partial charge < -0.3 is 31.2 Å². The van der Waals surface area contributed by atoms with Gasteiger partial charge in [0.25, 0.3) is 0 Å². The van der Waals surface area contributed by atoms with Crippen LogP contribution in [0.3, 0.4) is 0 Å². The standard InChI is InChI=1S/C18H23N5O2/c1-11-4-3-5-14(6-11)22-17-16-12(8-21-18(16)24)7-15(23-17)20-9-13(19)10-25-2/h3-8,13,20-21,24H,9-10,19H2,1-2H3,(H,22,23)/t13-/m1/s1. The number of hydrogen-bond acceptors (Lipinski definition) is 6. The van der Waals surface area contributed by atoms with Crippen LogP contribution in [-0.2, 0) is 4.74 Å². The summed E-state index contributed by atoms with van der Waals surface area (Å²) >= 11 is 0. The largest absolute Gasteiger partial charge is 0.494 e. The Labute approximate surface area is 146 Å². The minimum atomic E-state index is -0.129. The maximum atomic E-state index is 10.1. The van der Waals surface area contributed by atoms with Gasteiger partial charge in [-0.3, -0.25) is 0 Å². The molecule has 0 spiro atoms. The normalized spacial score (nSPS) is 12.3. The highest BCUT2D eigenvalue weighted by Gasteiger charge is 2.13. The molecule has 0 aliphatic rings. The first kappa shape index (κ1) is 17.1. The lowest BCUT2D eigenvalue weighted by atomic mass is 10.2. The highest BCUT2D eigenvalue weighted by molar-refractivity contribution is 5.99. The highest BCUT2D eigenvalue weighted by atomic mass is 16.5. The van der Waals surface area contributed by atoms with E-state index in [1.54, 1.807) is 13.3 Å². The lowest BCUT2D eigenvalue weighted by Crippen LogP contribution is -2.33. The molecule has 0 radical (unpaired) electrons. The van der Waals surface area contributed by atoms with Crippen molar-refractivity contribution in [3.63, 3.8) is 0 Å². The van der Waals surface area contributed by atoms with Gasteiger partial charge in [0.05, 0.1) is 12.0 Å². The Balaban J connectivity index is 1.90. The fourth-order valence-electron chi connectivity index (χ4n) is 2.70. The predicted molar refractivity (Wildman–Crippen MR) is 101 cm³/mol. The number of ether oxygens (including phenoxy) is 1. The first-order valence-corrected chi connectivity index (χ1v) is 8.10. The number of nitrogens with zero attached hydrogens (tertiary/aromatic N) is 1. The van der Waals surface area contributed by atoms with Crippen molar-refractivity contribution in [2.24, 2.45) is 5.73 Å². The molecule has 0 fully saturated rings. The van der Waals surface area contributed by atoms with E-state index >= 15 is 0 Å². The van der Waals surface area contributed by atoms with Gasteiger partial charge in [-0.15, -0.1) is 0 Å². The van der Waals surface area contributed by atoms with E-state index in [4.69, 9.17) is 10.5 Å². The Hall–Kier alpha value is -2.77. The summed E-state index contributed by atoms with van der Waals surface area (Å²) in [6, 6.07) is 9.71. The molecule has 0 aliphatic carbocycles. The Morgan fingerprint density at radius 2 is 2.20 bits per heavy atom. The van der Waals surface area contributed by atoms with Gasteiger partial charge in [0.2, 0.25) is 0 Å². The van der Waals surface area contributed by atoms with Gasteiger partial charge in [0, 0.05) is 37.0 Å². The quantitative estimate of drug-likeness (QED) is 0.452. The number of fused-ring (bicyclic) bond motifs is 1. The maximum Gasteiger partial charge on any atom is 0.200 e. The number of aromatic amines is 1. The summed E-state index contributed by atoms with van der Waals surface area (Å²) in [4.78, 5) is 7.42. The zero-order chi connectivity index (χ0) is 17.8. The van der Waals surface area contributed by atoms with Crippen LogP contribution in [0.1, 0.15) is 5.56 Å². The van der Waals surface area contributed by atoms with Gasteiger partial charge in [0.15, 0.2) is 5.88 Å². The van der Waals surface area contributed by atoms with Crippen LogP contribution >= 0.6 is 0 Å². The molecule has 0 unspecified atom stereocenters. The third-order valence-electron chi connectivity index (χ3n) is 3.86. The number of aromatic hydroxyl groups is 1. The monoisotopic (exact) mass is 341 g/mol. The van der Waals surface area contributed by atoms with Crippen molar-refractivity contribution in [3.05, 3.63) is 42.1 Å². The summed E-state index contributed by atoms with van der Waals surface area (Å²) in [5.41, 5.74) is 7.99. The number of hydrogen-bond donors (Lipinski definition) is 5. The van der Waals surface area contributed by atoms with Crippen molar-refractivity contribution < 1.29 is 9.84 Å². The van der Waals surface area contributed by atoms with E-state index in [-0.39, 0.29) is 11.9 Å². The second-order valence-corrected chi connectivity index (χ2v) is 6.05. The predicted octanol–water partition coefficient (Wildman–Crippen LogP) is 2.71. The number of aryl methyl sites for hydroxylation is 1. The SMILES string of the molecule is COC[C@H](N)CNc1cc2c[nH]c(O)c2c(Nc2cccc(C)c2)n1. The molecule has 0 saturated carbocycles. The third-order valence-corrected chi connectivity index (χ3v) is 3.86. The number of pyridine rings is 1. The number of aromatic nitrogens is 2. The van der Waals surface area contributed by atoms with Crippen LogP contribution in [0.4, 0.5) is 17.3 Å². The molecule has 2 aromatic heterocycles. The van der Waals surface area contributed by atoms with Crippen LogP contribution in [0.5, 0.6) is 5.88 Å². The molecule has 3 aromatic rings. The van der Waals surface area contributed by atoms with Gasteiger partial charge in [-0.25, -0.2) is 4.98 Å². The number of methoxy groups -OCH3 is 1. The summed E-state index contributed by atoms with van der Waals surface area (Å²) in [7, 11) is 1.62. The molecular formula is C18H23N5O2. The first-order valence-electron chi connectivity index (χ1n) is 8.10. The van der Waals surface area contributed by atoms with Crippen molar-refractivity contribution in [2.75, 3.05) is 30.9 Å². The number of H-pyrrole nitrogens is 1. The summed E-state index contributed by atoms with van der Waals surface area (Å²) in [6.45, 7) is 3.03. The zero-order valence-electron chi connectivity index (χ0n) is 14.3. The molecule has 1 atom stereocenters. The minimum absolute atomic E-state index is 0.0836. The third kappa shape index (κ3) is 4.01. The zero-order valence-corrected chi connectivity index (χ0v) is 14.3. The van der Waals surface area contributed by atoms with Gasteiger partial charge >= 0.3 is 0 Å². The lowest BCUT2D eigenvalue weighted by molar-refractivity contribution is 0.183. The summed E-state index contributed by atoms with van der Waals surface area (Å²) in [5, 5.41) is 18.1. The number of anilines is 3. The number of rotatable bonds is 7. The first-order chi connectivity index (χ1) is 12.1. The molecular weight excluding hydrogens is 318 g/mol. The van der Waals surface area contributed by atoms with E-state index in [9.17, 15) is 5.11 Å². The average Bonchev–Trinajstić information content (AvgIpc) is 2.95. The Kier molecular flexibility index (Phi) is 5.06. The fraction of sp³-hybridized carbons (Fsp3) is 0.278. The van der Waals surface area contributed by atoms with Gasteiger partial charge in [0.1, 0.15) is 11.6 Å².